The zero-order valence-electron chi connectivity index (χ0n) is 13.0. The fourth-order valence-corrected chi connectivity index (χ4v) is 2.56. The molecular formula is C19H14N2O3. The topological polar surface area (TPSA) is 65.2 Å². The van der Waals surface area contributed by atoms with Crippen LogP contribution in [0, 0.1) is 0 Å². The second-order valence-corrected chi connectivity index (χ2v) is 5.36. The molecule has 0 aliphatic carbocycles. The Labute approximate surface area is 137 Å². The van der Waals surface area contributed by atoms with Gasteiger partial charge in [0.1, 0.15) is 17.0 Å². The largest absolute Gasteiger partial charge is 0.435 e. The number of esters is 1. The summed E-state index contributed by atoms with van der Waals surface area (Å²) >= 11 is 0. The highest BCUT2D eigenvalue weighted by Gasteiger charge is 2.13. The molecule has 4 aromatic rings. The predicted molar refractivity (Wildman–Crippen MR) is 90.7 cm³/mol. The molecule has 0 unspecified atom stereocenters. The van der Waals surface area contributed by atoms with Crippen molar-refractivity contribution in [1.82, 2.24) is 9.97 Å². The maximum Gasteiger partial charge on any atom is 0.310 e. The fourth-order valence-electron chi connectivity index (χ4n) is 2.56. The molecule has 24 heavy (non-hydrogen) atoms. The van der Waals surface area contributed by atoms with Gasteiger partial charge in [-0.2, -0.15) is 0 Å². The van der Waals surface area contributed by atoms with Crippen molar-refractivity contribution in [3.8, 4) is 17.3 Å². The Morgan fingerprint density at radius 1 is 1.17 bits per heavy atom. The van der Waals surface area contributed by atoms with Gasteiger partial charge in [-0.3, -0.25) is 9.78 Å². The van der Waals surface area contributed by atoms with E-state index in [-0.39, 0.29) is 5.97 Å². The molecule has 4 rings (SSSR count). The number of hydrogen-bond donors (Lipinski definition) is 0. The van der Waals surface area contributed by atoms with Gasteiger partial charge in [-0.15, -0.1) is 0 Å². The Kier molecular flexibility index (Phi) is 3.46. The summed E-state index contributed by atoms with van der Waals surface area (Å²) in [5.74, 6) is 0.605. The lowest BCUT2D eigenvalue weighted by Gasteiger charge is -2.01. The summed E-state index contributed by atoms with van der Waals surface area (Å²) in [5.41, 5.74) is 1.94. The molecule has 0 saturated carbocycles. The third-order valence-electron chi connectivity index (χ3n) is 3.76. The zero-order chi connectivity index (χ0) is 16.5. The van der Waals surface area contributed by atoms with Gasteiger partial charge in [-0.25, -0.2) is 4.98 Å². The third-order valence-corrected chi connectivity index (χ3v) is 3.76. The second-order valence-electron chi connectivity index (χ2n) is 5.36. The lowest BCUT2D eigenvalue weighted by atomic mass is 10.1. The van der Waals surface area contributed by atoms with Crippen LogP contribution in [-0.4, -0.2) is 15.9 Å². The van der Waals surface area contributed by atoms with Gasteiger partial charge in [-0.1, -0.05) is 31.2 Å². The first-order valence-electron chi connectivity index (χ1n) is 7.70. The number of benzene rings is 2. The van der Waals surface area contributed by atoms with E-state index in [0.717, 1.165) is 10.8 Å². The van der Waals surface area contributed by atoms with E-state index in [9.17, 15) is 4.79 Å². The highest BCUT2D eigenvalue weighted by atomic mass is 16.5. The number of aromatic nitrogens is 2. The van der Waals surface area contributed by atoms with Crippen LogP contribution < -0.4 is 4.74 Å². The Morgan fingerprint density at radius 3 is 2.92 bits per heavy atom. The Hall–Kier alpha value is -3.21. The van der Waals surface area contributed by atoms with E-state index in [1.54, 1.807) is 31.3 Å². The van der Waals surface area contributed by atoms with E-state index in [1.807, 2.05) is 30.3 Å². The van der Waals surface area contributed by atoms with Gasteiger partial charge in [-0.05, 0) is 23.6 Å². The lowest BCUT2D eigenvalue weighted by molar-refractivity contribution is -0.134. The third kappa shape index (κ3) is 2.50. The van der Waals surface area contributed by atoms with E-state index in [1.165, 1.54) is 0 Å². The van der Waals surface area contributed by atoms with Gasteiger partial charge in [0, 0.05) is 24.1 Å². The van der Waals surface area contributed by atoms with Crippen LogP contribution in [-0.2, 0) is 4.79 Å². The Balaban J connectivity index is 1.81. The number of rotatable bonds is 3. The van der Waals surface area contributed by atoms with E-state index in [2.05, 4.69) is 9.97 Å². The molecule has 118 valence electrons. The van der Waals surface area contributed by atoms with Gasteiger partial charge in [0.05, 0.1) is 0 Å². The van der Waals surface area contributed by atoms with Crippen LogP contribution in [0.2, 0.25) is 0 Å². The molecule has 0 amide bonds. The van der Waals surface area contributed by atoms with Gasteiger partial charge in [0.25, 0.3) is 0 Å². The average molecular weight is 318 g/mol. The predicted octanol–water partition coefficient (Wildman–Crippen LogP) is 4.36. The summed E-state index contributed by atoms with van der Waals surface area (Å²) in [6, 6.07) is 15.0. The molecule has 0 spiro atoms. The number of oxazole rings is 1. The van der Waals surface area contributed by atoms with Crippen molar-refractivity contribution < 1.29 is 13.9 Å². The number of nitrogens with zero attached hydrogens (tertiary/aromatic N) is 2. The summed E-state index contributed by atoms with van der Waals surface area (Å²) in [6.07, 6.45) is 2.06. The van der Waals surface area contributed by atoms with Crippen molar-refractivity contribution in [2.45, 2.75) is 13.3 Å². The van der Waals surface area contributed by atoms with Crippen LogP contribution in [0.4, 0.5) is 0 Å². The van der Waals surface area contributed by atoms with Crippen molar-refractivity contribution in [3.63, 3.8) is 0 Å². The van der Waals surface area contributed by atoms with Crippen LogP contribution in [0.3, 0.4) is 0 Å². The standard InChI is InChI=1S/C19H14N2O3/c1-2-17(22)23-13-7-8-15-16(11-13)24-19(21-15)18-14-6-4-3-5-12(14)9-10-20-18/h3-11H,2H2,1H3. The van der Waals surface area contributed by atoms with Gasteiger partial charge in [0.2, 0.25) is 5.89 Å². The highest BCUT2D eigenvalue weighted by Crippen LogP contribution is 2.30. The monoisotopic (exact) mass is 318 g/mol. The first-order chi connectivity index (χ1) is 11.7. The minimum atomic E-state index is -0.287. The summed E-state index contributed by atoms with van der Waals surface area (Å²) in [6.45, 7) is 1.75. The number of ether oxygens (including phenoxy) is 1. The van der Waals surface area contributed by atoms with Crippen molar-refractivity contribution >= 4 is 27.8 Å². The van der Waals surface area contributed by atoms with Crippen molar-refractivity contribution in [3.05, 3.63) is 54.7 Å². The molecule has 2 heterocycles. The summed E-state index contributed by atoms with van der Waals surface area (Å²) in [4.78, 5) is 20.3. The zero-order valence-corrected chi connectivity index (χ0v) is 13.0. The molecular weight excluding hydrogens is 304 g/mol. The molecule has 0 N–H and O–H groups in total. The van der Waals surface area contributed by atoms with E-state index < -0.39 is 0 Å². The molecule has 5 heteroatoms. The highest BCUT2D eigenvalue weighted by molar-refractivity contribution is 5.93. The van der Waals surface area contributed by atoms with E-state index in [0.29, 0.717) is 34.9 Å². The van der Waals surface area contributed by atoms with Crippen molar-refractivity contribution in [1.29, 1.82) is 0 Å². The second kappa shape index (κ2) is 5.77. The van der Waals surface area contributed by atoms with E-state index in [4.69, 9.17) is 9.15 Å². The molecule has 2 aromatic heterocycles. The van der Waals surface area contributed by atoms with Gasteiger partial charge in [0.15, 0.2) is 5.58 Å². The summed E-state index contributed by atoms with van der Waals surface area (Å²) in [5, 5.41) is 2.05. The first kappa shape index (κ1) is 14.4. The number of hydrogen-bond acceptors (Lipinski definition) is 5. The van der Waals surface area contributed by atoms with E-state index >= 15 is 0 Å². The van der Waals surface area contributed by atoms with Crippen LogP contribution in [0.25, 0.3) is 33.5 Å². The molecule has 5 nitrogen and oxygen atoms in total. The van der Waals surface area contributed by atoms with Crippen LogP contribution in [0.15, 0.2) is 59.1 Å². The normalized spacial score (nSPS) is 11.0. The molecule has 0 saturated heterocycles. The molecule has 0 fully saturated rings. The maximum atomic E-state index is 11.4. The Morgan fingerprint density at radius 2 is 2.04 bits per heavy atom. The summed E-state index contributed by atoms with van der Waals surface area (Å²) < 4.78 is 11.1. The number of fused-ring (bicyclic) bond motifs is 2. The van der Waals surface area contributed by atoms with Crippen LogP contribution >= 0.6 is 0 Å². The number of carbonyl (C=O) groups excluding carboxylic acids is 1. The minimum Gasteiger partial charge on any atom is -0.435 e. The quantitative estimate of drug-likeness (QED) is 0.415. The SMILES string of the molecule is CCC(=O)Oc1ccc2nc(-c3nccc4ccccc34)oc2c1. The van der Waals surface area contributed by atoms with Crippen molar-refractivity contribution in [2.24, 2.45) is 0 Å². The Bertz CT molecular complexity index is 1050. The molecule has 0 aliphatic rings. The van der Waals surface area contributed by atoms with Crippen LogP contribution in [0.5, 0.6) is 5.75 Å². The molecule has 0 bridgehead atoms. The van der Waals surface area contributed by atoms with Crippen LogP contribution in [0.1, 0.15) is 13.3 Å². The molecule has 0 atom stereocenters. The lowest BCUT2D eigenvalue weighted by Crippen LogP contribution is -2.05. The minimum absolute atomic E-state index is 0.287. The van der Waals surface area contributed by atoms with Crippen molar-refractivity contribution in [2.75, 3.05) is 0 Å². The van der Waals surface area contributed by atoms with Gasteiger partial charge >= 0.3 is 5.97 Å². The average Bonchev–Trinajstić information content (AvgIpc) is 3.04. The fraction of sp³-hybridized carbons (Fsp3) is 0.105. The number of carbonyl (C=O) groups is 1. The summed E-state index contributed by atoms with van der Waals surface area (Å²) in [7, 11) is 0. The number of pyridine rings is 1. The smallest absolute Gasteiger partial charge is 0.310 e. The maximum absolute atomic E-state index is 11.4. The first-order valence-corrected chi connectivity index (χ1v) is 7.70. The van der Waals surface area contributed by atoms with Gasteiger partial charge < -0.3 is 9.15 Å². The molecule has 2 aromatic carbocycles. The molecule has 0 radical (unpaired) electrons. The molecule has 0 aliphatic heterocycles.